The molecule has 3 rings (SSSR count). The van der Waals surface area contributed by atoms with Gasteiger partial charge in [-0.05, 0) is 56.1 Å². The lowest BCUT2D eigenvalue weighted by atomic mass is 9.96. The van der Waals surface area contributed by atoms with Gasteiger partial charge in [0.25, 0.3) is 0 Å². The largest absolute Gasteiger partial charge is 0.478 e. The van der Waals surface area contributed by atoms with Gasteiger partial charge in [0.05, 0.1) is 5.56 Å². The van der Waals surface area contributed by atoms with Crippen molar-refractivity contribution < 1.29 is 14.7 Å². The monoisotopic (exact) mass is 274 g/mol. The highest BCUT2D eigenvalue weighted by Gasteiger charge is 2.31. The van der Waals surface area contributed by atoms with E-state index >= 15 is 0 Å². The molecule has 20 heavy (non-hydrogen) atoms. The van der Waals surface area contributed by atoms with Gasteiger partial charge in [0.15, 0.2) is 0 Å². The smallest absolute Gasteiger partial charge is 0.335 e. The number of nitrogens with zero attached hydrogens (tertiary/aromatic N) is 1. The number of carboxylic acids is 1. The minimum absolute atomic E-state index is 0.0985. The molecule has 0 bridgehead atoms. The third-order valence-corrected chi connectivity index (χ3v) is 4.18. The summed E-state index contributed by atoms with van der Waals surface area (Å²) < 4.78 is 0. The molecule has 5 nitrogen and oxygen atoms in total. The fourth-order valence-corrected chi connectivity index (χ4v) is 3.05. The average molecular weight is 274 g/mol. The number of nitrogens with one attached hydrogen (secondary N) is 1. The number of rotatable bonds is 2. The normalized spacial score (nSPS) is 18.9. The summed E-state index contributed by atoms with van der Waals surface area (Å²) >= 11 is 0. The van der Waals surface area contributed by atoms with E-state index < -0.39 is 5.97 Å². The van der Waals surface area contributed by atoms with Gasteiger partial charge in [0, 0.05) is 18.2 Å². The molecule has 1 saturated heterocycles. The molecule has 0 radical (unpaired) electrons. The Kier molecular flexibility index (Phi) is 3.44. The van der Waals surface area contributed by atoms with E-state index in [1.807, 2.05) is 4.90 Å². The van der Waals surface area contributed by atoms with Crippen LogP contribution in [0.25, 0.3) is 0 Å². The zero-order valence-corrected chi connectivity index (χ0v) is 11.3. The number of fused-ring (bicyclic) bond motifs is 1. The van der Waals surface area contributed by atoms with Crippen molar-refractivity contribution in [3.63, 3.8) is 0 Å². The van der Waals surface area contributed by atoms with Gasteiger partial charge in [-0.1, -0.05) is 0 Å². The summed E-state index contributed by atoms with van der Waals surface area (Å²) in [4.78, 5) is 25.4. The van der Waals surface area contributed by atoms with Gasteiger partial charge in [0.1, 0.15) is 0 Å². The van der Waals surface area contributed by atoms with Gasteiger partial charge in [-0.2, -0.15) is 0 Å². The number of carboxylic acid groups (broad SMARTS) is 1. The minimum atomic E-state index is -0.920. The van der Waals surface area contributed by atoms with Gasteiger partial charge in [-0.25, -0.2) is 4.79 Å². The van der Waals surface area contributed by atoms with E-state index in [2.05, 4.69) is 5.32 Å². The molecule has 5 heteroatoms. The number of anilines is 1. The summed E-state index contributed by atoms with van der Waals surface area (Å²) in [7, 11) is 0. The summed E-state index contributed by atoms with van der Waals surface area (Å²) in [5, 5.41) is 12.3. The Bertz CT molecular complexity index is 550. The molecule has 0 atom stereocenters. The highest BCUT2D eigenvalue weighted by atomic mass is 16.4. The SMILES string of the molecule is O=C(O)c1ccc2c(c1)CCN2C(=O)C1CCNCC1. The van der Waals surface area contributed by atoms with Crippen molar-refractivity contribution in [3.8, 4) is 0 Å². The summed E-state index contributed by atoms with van der Waals surface area (Å²) in [6.07, 6.45) is 2.52. The molecule has 0 unspecified atom stereocenters. The van der Waals surface area contributed by atoms with Crippen LogP contribution in [0, 0.1) is 5.92 Å². The Labute approximate surface area is 117 Å². The number of piperidine rings is 1. The maximum atomic E-state index is 12.6. The molecular weight excluding hydrogens is 256 g/mol. The van der Waals surface area contributed by atoms with Gasteiger partial charge in [-0.15, -0.1) is 0 Å². The average Bonchev–Trinajstić information content (AvgIpc) is 2.90. The van der Waals surface area contributed by atoms with Crippen LogP contribution in [0.5, 0.6) is 0 Å². The van der Waals surface area contributed by atoms with E-state index in [0.717, 1.165) is 43.6 Å². The predicted molar refractivity (Wildman–Crippen MR) is 75.1 cm³/mol. The first-order chi connectivity index (χ1) is 9.66. The van der Waals surface area contributed by atoms with E-state index in [4.69, 9.17) is 5.11 Å². The summed E-state index contributed by atoms with van der Waals surface area (Å²) in [6, 6.07) is 5.04. The van der Waals surface area contributed by atoms with E-state index in [1.54, 1.807) is 18.2 Å². The third kappa shape index (κ3) is 2.29. The number of hydrogen-bond donors (Lipinski definition) is 2. The van der Waals surface area contributed by atoms with Crippen LogP contribution in [0.1, 0.15) is 28.8 Å². The fraction of sp³-hybridized carbons (Fsp3) is 0.467. The molecule has 2 aliphatic heterocycles. The second-order valence-corrected chi connectivity index (χ2v) is 5.41. The molecule has 0 aliphatic carbocycles. The van der Waals surface area contributed by atoms with Crippen LogP contribution in [-0.4, -0.2) is 36.6 Å². The molecule has 106 valence electrons. The molecule has 2 aliphatic rings. The quantitative estimate of drug-likeness (QED) is 0.852. The van der Waals surface area contributed by atoms with Crippen LogP contribution in [0.3, 0.4) is 0 Å². The van der Waals surface area contributed by atoms with Crippen molar-refractivity contribution in [3.05, 3.63) is 29.3 Å². The molecule has 1 aromatic rings. The molecular formula is C15H18N2O3. The Balaban J connectivity index is 1.81. The number of benzene rings is 1. The van der Waals surface area contributed by atoms with Crippen molar-refractivity contribution in [2.75, 3.05) is 24.5 Å². The van der Waals surface area contributed by atoms with E-state index in [1.165, 1.54) is 0 Å². The lowest BCUT2D eigenvalue weighted by molar-refractivity contribution is -0.123. The Morgan fingerprint density at radius 3 is 2.70 bits per heavy atom. The molecule has 1 fully saturated rings. The van der Waals surface area contributed by atoms with Crippen molar-refractivity contribution in [2.45, 2.75) is 19.3 Å². The van der Waals surface area contributed by atoms with Gasteiger partial charge in [0.2, 0.25) is 5.91 Å². The first kappa shape index (κ1) is 13.1. The van der Waals surface area contributed by atoms with Crippen LogP contribution in [0.4, 0.5) is 5.69 Å². The molecule has 0 saturated carbocycles. The molecule has 2 N–H and O–H groups in total. The zero-order chi connectivity index (χ0) is 14.1. The third-order valence-electron chi connectivity index (χ3n) is 4.18. The first-order valence-corrected chi connectivity index (χ1v) is 7.05. The second-order valence-electron chi connectivity index (χ2n) is 5.41. The molecule has 0 spiro atoms. The van der Waals surface area contributed by atoms with Crippen LogP contribution in [-0.2, 0) is 11.2 Å². The number of aromatic carboxylic acids is 1. The van der Waals surface area contributed by atoms with Crippen molar-refractivity contribution in [1.29, 1.82) is 0 Å². The van der Waals surface area contributed by atoms with Crippen LogP contribution in [0.15, 0.2) is 18.2 Å². The van der Waals surface area contributed by atoms with E-state index in [9.17, 15) is 9.59 Å². The highest BCUT2D eigenvalue weighted by molar-refractivity contribution is 5.98. The lowest BCUT2D eigenvalue weighted by Gasteiger charge is -2.27. The van der Waals surface area contributed by atoms with Gasteiger partial charge < -0.3 is 15.3 Å². The maximum Gasteiger partial charge on any atom is 0.335 e. The minimum Gasteiger partial charge on any atom is -0.478 e. The van der Waals surface area contributed by atoms with Gasteiger partial charge >= 0.3 is 5.97 Å². The molecule has 1 amide bonds. The highest BCUT2D eigenvalue weighted by Crippen LogP contribution is 2.31. The standard InChI is InChI=1S/C15H18N2O3/c18-14(10-3-6-16-7-4-10)17-8-5-11-9-12(15(19)20)1-2-13(11)17/h1-2,9-10,16H,3-8H2,(H,19,20). The Hall–Kier alpha value is -1.88. The molecule has 1 aromatic carbocycles. The van der Waals surface area contributed by atoms with E-state index in [0.29, 0.717) is 12.1 Å². The fourth-order valence-electron chi connectivity index (χ4n) is 3.05. The van der Waals surface area contributed by atoms with Crippen LogP contribution >= 0.6 is 0 Å². The first-order valence-electron chi connectivity index (χ1n) is 7.05. The van der Waals surface area contributed by atoms with Crippen molar-refractivity contribution >= 4 is 17.6 Å². The number of carbonyl (C=O) groups is 2. The van der Waals surface area contributed by atoms with Crippen molar-refractivity contribution in [1.82, 2.24) is 5.32 Å². The number of carbonyl (C=O) groups excluding carboxylic acids is 1. The molecule has 0 aromatic heterocycles. The lowest BCUT2D eigenvalue weighted by Crippen LogP contribution is -2.40. The van der Waals surface area contributed by atoms with Crippen LogP contribution < -0.4 is 10.2 Å². The number of hydrogen-bond acceptors (Lipinski definition) is 3. The summed E-state index contributed by atoms with van der Waals surface area (Å²) in [5.41, 5.74) is 2.14. The summed E-state index contributed by atoms with van der Waals surface area (Å²) in [5.74, 6) is -0.634. The second kappa shape index (κ2) is 5.25. The maximum absolute atomic E-state index is 12.6. The van der Waals surface area contributed by atoms with E-state index in [-0.39, 0.29) is 11.8 Å². The van der Waals surface area contributed by atoms with Gasteiger partial charge in [-0.3, -0.25) is 4.79 Å². The Morgan fingerprint density at radius 1 is 1.25 bits per heavy atom. The topological polar surface area (TPSA) is 69.6 Å². The molecule has 2 heterocycles. The number of amides is 1. The predicted octanol–water partition coefficient (Wildman–Crippen LogP) is 1.27. The van der Waals surface area contributed by atoms with Crippen LogP contribution in [0.2, 0.25) is 0 Å². The zero-order valence-electron chi connectivity index (χ0n) is 11.3. The van der Waals surface area contributed by atoms with Crippen molar-refractivity contribution in [2.24, 2.45) is 5.92 Å². The summed E-state index contributed by atoms with van der Waals surface area (Å²) in [6.45, 7) is 2.46. The Morgan fingerprint density at radius 2 is 2.00 bits per heavy atom.